The van der Waals surface area contributed by atoms with Crippen molar-refractivity contribution in [2.75, 3.05) is 17.6 Å². The fraction of sp³-hybridized carbons (Fsp3) is 0.500. The highest BCUT2D eigenvalue weighted by molar-refractivity contribution is 14.1. The van der Waals surface area contributed by atoms with E-state index in [9.17, 15) is 4.79 Å². The Balaban J connectivity index is 2.08. The van der Waals surface area contributed by atoms with Gasteiger partial charge in [-0.25, -0.2) is 0 Å². The summed E-state index contributed by atoms with van der Waals surface area (Å²) >= 11 is 8.21. The largest absolute Gasteiger partial charge is 0.484 e. The number of rotatable bonds is 9. The summed E-state index contributed by atoms with van der Waals surface area (Å²) in [6.45, 7) is 0.757. The Kier molecular flexibility index (Phi) is 8.99. The molecular formula is C14H19ClINO2. The van der Waals surface area contributed by atoms with Crippen LogP contribution in [0.2, 0.25) is 5.02 Å². The molecule has 0 radical (unpaired) electrons. The van der Waals surface area contributed by atoms with E-state index >= 15 is 0 Å². The summed E-state index contributed by atoms with van der Waals surface area (Å²) in [5.41, 5.74) is 0. The number of hydrogen-bond acceptors (Lipinski definition) is 2. The van der Waals surface area contributed by atoms with Gasteiger partial charge in [0, 0.05) is 11.6 Å². The molecule has 0 atom stereocenters. The molecule has 1 amide bonds. The molecule has 0 saturated carbocycles. The molecule has 19 heavy (non-hydrogen) atoms. The molecule has 3 nitrogen and oxygen atoms in total. The van der Waals surface area contributed by atoms with Gasteiger partial charge in [-0.05, 0) is 35.5 Å². The number of alkyl halides is 1. The minimum absolute atomic E-state index is 0.0358. The van der Waals surface area contributed by atoms with Crippen molar-refractivity contribution < 1.29 is 9.53 Å². The Labute approximate surface area is 133 Å². The second kappa shape index (κ2) is 10.3. The summed E-state index contributed by atoms with van der Waals surface area (Å²) < 4.78 is 6.55. The molecule has 0 aliphatic heterocycles. The molecule has 0 fully saturated rings. The molecule has 5 heteroatoms. The first-order chi connectivity index (χ1) is 9.22. The standard InChI is InChI=1S/C14H19ClINO2/c15-12-6-5-7-13(10-12)19-11-14(18)17-9-4-2-1-3-8-16/h5-7,10H,1-4,8-9,11H2,(H,17,18). The van der Waals surface area contributed by atoms with Crippen molar-refractivity contribution >= 4 is 40.1 Å². The van der Waals surface area contributed by atoms with Crippen LogP contribution in [0.4, 0.5) is 0 Å². The Bertz CT molecular complexity index is 387. The first-order valence-electron chi connectivity index (χ1n) is 6.43. The SMILES string of the molecule is O=C(COc1cccc(Cl)c1)NCCCCCCI. The van der Waals surface area contributed by atoms with Crippen LogP contribution in [0.1, 0.15) is 25.7 Å². The Morgan fingerprint density at radius 3 is 2.79 bits per heavy atom. The zero-order chi connectivity index (χ0) is 13.9. The van der Waals surface area contributed by atoms with Crippen LogP contribution >= 0.6 is 34.2 Å². The van der Waals surface area contributed by atoms with Crippen LogP contribution in [0.15, 0.2) is 24.3 Å². The zero-order valence-electron chi connectivity index (χ0n) is 10.8. The van der Waals surface area contributed by atoms with Gasteiger partial charge in [0.1, 0.15) is 5.75 Å². The third kappa shape index (κ3) is 8.31. The Morgan fingerprint density at radius 2 is 2.05 bits per heavy atom. The van der Waals surface area contributed by atoms with E-state index in [4.69, 9.17) is 16.3 Å². The van der Waals surface area contributed by atoms with Crippen LogP contribution in [-0.4, -0.2) is 23.5 Å². The van der Waals surface area contributed by atoms with Crippen molar-refractivity contribution in [1.29, 1.82) is 0 Å². The average Bonchev–Trinajstić information content (AvgIpc) is 2.40. The lowest BCUT2D eigenvalue weighted by Crippen LogP contribution is -2.29. The lowest BCUT2D eigenvalue weighted by molar-refractivity contribution is -0.123. The van der Waals surface area contributed by atoms with Gasteiger partial charge in [-0.15, -0.1) is 0 Å². The van der Waals surface area contributed by atoms with Crippen molar-refractivity contribution in [3.05, 3.63) is 29.3 Å². The molecule has 106 valence electrons. The number of ether oxygens (including phenoxy) is 1. The molecular weight excluding hydrogens is 377 g/mol. The molecule has 1 aromatic carbocycles. The molecule has 1 aromatic rings. The van der Waals surface area contributed by atoms with Gasteiger partial charge in [0.25, 0.3) is 5.91 Å². The minimum Gasteiger partial charge on any atom is -0.484 e. The third-order valence-corrected chi connectivity index (χ3v) is 3.55. The maximum Gasteiger partial charge on any atom is 0.257 e. The van der Waals surface area contributed by atoms with Crippen molar-refractivity contribution in [1.82, 2.24) is 5.32 Å². The van der Waals surface area contributed by atoms with E-state index in [1.54, 1.807) is 24.3 Å². The second-order valence-electron chi connectivity index (χ2n) is 4.20. The van der Waals surface area contributed by atoms with E-state index in [1.807, 2.05) is 0 Å². The number of hydrogen-bond donors (Lipinski definition) is 1. The maximum absolute atomic E-state index is 11.5. The van der Waals surface area contributed by atoms with Gasteiger partial charge < -0.3 is 10.1 Å². The summed E-state index contributed by atoms with van der Waals surface area (Å²) in [4.78, 5) is 11.5. The lowest BCUT2D eigenvalue weighted by Gasteiger charge is -2.07. The number of halogens is 2. The summed E-state index contributed by atoms with van der Waals surface area (Å²) in [7, 11) is 0. The highest BCUT2D eigenvalue weighted by atomic mass is 127. The minimum atomic E-state index is -0.0890. The van der Waals surface area contributed by atoms with Crippen LogP contribution in [0.25, 0.3) is 0 Å². The molecule has 0 spiro atoms. The molecule has 0 saturated heterocycles. The predicted octanol–water partition coefficient (Wildman–Crippen LogP) is 3.83. The number of nitrogens with one attached hydrogen (secondary N) is 1. The lowest BCUT2D eigenvalue weighted by atomic mass is 10.2. The van der Waals surface area contributed by atoms with E-state index < -0.39 is 0 Å². The van der Waals surface area contributed by atoms with Crippen molar-refractivity contribution in [3.8, 4) is 5.75 Å². The monoisotopic (exact) mass is 395 g/mol. The van der Waals surface area contributed by atoms with Gasteiger partial charge in [-0.3, -0.25) is 4.79 Å². The summed E-state index contributed by atoms with van der Waals surface area (Å²) in [5.74, 6) is 0.526. The fourth-order valence-electron chi connectivity index (χ4n) is 1.56. The molecule has 0 aromatic heterocycles. The van der Waals surface area contributed by atoms with Gasteiger partial charge in [0.05, 0.1) is 0 Å². The molecule has 1 N–H and O–H groups in total. The highest BCUT2D eigenvalue weighted by Gasteiger charge is 2.02. The Morgan fingerprint density at radius 1 is 1.26 bits per heavy atom. The topological polar surface area (TPSA) is 38.3 Å². The molecule has 0 aliphatic rings. The molecule has 0 bridgehead atoms. The third-order valence-electron chi connectivity index (χ3n) is 2.55. The van der Waals surface area contributed by atoms with E-state index in [0.717, 1.165) is 13.0 Å². The quantitative estimate of drug-likeness (QED) is 0.392. The van der Waals surface area contributed by atoms with Crippen LogP contribution < -0.4 is 10.1 Å². The van der Waals surface area contributed by atoms with Gasteiger partial charge in [-0.1, -0.05) is 53.1 Å². The number of carbonyl (C=O) groups is 1. The van der Waals surface area contributed by atoms with Crippen LogP contribution in [0.3, 0.4) is 0 Å². The number of carbonyl (C=O) groups excluding carboxylic acids is 1. The van der Waals surface area contributed by atoms with E-state index in [-0.39, 0.29) is 12.5 Å². The van der Waals surface area contributed by atoms with Crippen LogP contribution in [-0.2, 0) is 4.79 Å². The first kappa shape index (κ1) is 16.6. The summed E-state index contributed by atoms with van der Waals surface area (Å²) in [6.07, 6.45) is 4.68. The van der Waals surface area contributed by atoms with E-state index in [1.165, 1.54) is 23.7 Å². The van der Waals surface area contributed by atoms with Gasteiger partial charge in [0.15, 0.2) is 6.61 Å². The molecule has 0 heterocycles. The average molecular weight is 396 g/mol. The number of amides is 1. The summed E-state index contributed by atoms with van der Waals surface area (Å²) in [6, 6.07) is 7.04. The van der Waals surface area contributed by atoms with Crippen LogP contribution in [0.5, 0.6) is 5.75 Å². The zero-order valence-corrected chi connectivity index (χ0v) is 13.7. The van der Waals surface area contributed by atoms with Crippen molar-refractivity contribution in [2.24, 2.45) is 0 Å². The first-order valence-corrected chi connectivity index (χ1v) is 8.34. The predicted molar refractivity (Wildman–Crippen MR) is 87.3 cm³/mol. The second-order valence-corrected chi connectivity index (χ2v) is 5.71. The van der Waals surface area contributed by atoms with E-state index in [2.05, 4.69) is 27.9 Å². The van der Waals surface area contributed by atoms with Crippen molar-refractivity contribution in [2.45, 2.75) is 25.7 Å². The van der Waals surface area contributed by atoms with Gasteiger partial charge in [0.2, 0.25) is 0 Å². The summed E-state index contributed by atoms with van der Waals surface area (Å²) in [5, 5.41) is 3.45. The molecule has 0 unspecified atom stereocenters. The fourth-order valence-corrected chi connectivity index (χ4v) is 2.28. The van der Waals surface area contributed by atoms with Crippen molar-refractivity contribution in [3.63, 3.8) is 0 Å². The Hall–Kier alpha value is -0.490. The molecule has 1 rings (SSSR count). The number of unbranched alkanes of at least 4 members (excludes halogenated alkanes) is 3. The van der Waals surface area contributed by atoms with Crippen LogP contribution in [0, 0.1) is 0 Å². The number of benzene rings is 1. The van der Waals surface area contributed by atoms with Gasteiger partial charge >= 0.3 is 0 Å². The van der Waals surface area contributed by atoms with E-state index in [0.29, 0.717) is 10.8 Å². The smallest absolute Gasteiger partial charge is 0.257 e. The van der Waals surface area contributed by atoms with Gasteiger partial charge in [-0.2, -0.15) is 0 Å². The maximum atomic E-state index is 11.5. The highest BCUT2D eigenvalue weighted by Crippen LogP contribution is 2.16. The molecule has 0 aliphatic carbocycles. The normalized spacial score (nSPS) is 10.2.